The maximum absolute atomic E-state index is 13.3. The monoisotopic (exact) mass is 429 g/mol. The first kappa shape index (κ1) is 19.8. The van der Waals surface area contributed by atoms with Crippen LogP contribution in [-0.2, 0) is 27.7 Å². The number of aryl methyl sites for hydroxylation is 2. The van der Waals surface area contributed by atoms with Gasteiger partial charge in [-0.2, -0.15) is 0 Å². The summed E-state index contributed by atoms with van der Waals surface area (Å²) in [4.78, 5) is 18.3. The van der Waals surface area contributed by atoms with E-state index in [1.165, 1.54) is 15.3 Å². The van der Waals surface area contributed by atoms with Crippen molar-refractivity contribution in [3.05, 3.63) is 53.0 Å². The molecule has 0 saturated carbocycles. The van der Waals surface area contributed by atoms with Crippen molar-refractivity contribution in [2.75, 3.05) is 5.32 Å². The molecule has 6 nitrogen and oxygen atoms in total. The second-order valence-corrected chi connectivity index (χ2v) is 11.1. The summed E-state index contributed by atoms with van der Waals surface area (Å²) >= 11 is 1.42. The molecule has 29 heavy (non-hydrogen) atoms. The Morgan fingerprint density at radius 3 is 2.55 bits per heavy atom. The van der Waals surface area contributed by atoms with Crippen molar-refractivity contribution >= 4 is 32.4 Å². The number of nitrogens with zero attached hydrogens (tertiary/aromatic N) is 2. The molecular weight excluding hydrogens is 406 g/mol. The van der Waals surface area contributed by atoms with Crippen LogP contribution in [0, 0.1) is 5.41 Å². The first-order valence-corrected chi connectivity index (χ1v) is 11.8. The molecule has 1 aliphatic carbocycles. The Balaban J connectivity index is 1.82. The fourth-order valence-electron chi connectivity index (χ4n) is 3.30. The molecule has 1 aromatic carbocycles. The molecule has 2 heterocycles. The van der Waals surface area contributed by atoms with Crippen LogP contribution >= 0.6 is 11.3 Å². The highest BCUT2D eigenvalue weighted by atomic mass is 32.2. The highest BCUT2D eigenvalue weighted by Crippen LogP contribution is 2.39. The summed E-state index contributed by atoms with van der Waals surface area (Å²) in [5.41, 5.74) is 1.68. The van der Waals surface area contributed by atoms with Crippen molar-refractivity contribution < 1.29 is 13.2 Å². The van der Waals surface area contributed by atoms with E-state index in [0.717, 1.165) is 29.7 Å². The lowest BCUT2D eigenvalue weighted by Gasteiger charge is -2.16. The van der Waals surface area contributed by atoms with Crippen LogP contribution in [0.25, 0.3) is 11.4 Å². The van der Waals surface area contributed by atoms with E-state index in [2.05, 4.69) is 10.3 Å². The molecule has 152 valence electrons. The van der Waals surface area contributed by atoms with Crippen LogP contribution in [0.4, 0.5) is 5.13 Å². The van der Waals surface area contributed by atoms with E-state index in [4.69, 9.17) is 0 Å². The Morgan fingerprint density at radius 2 is 1.86 bits per heavy atom. The molecule has 0 saturated heterocycles. The lowest BCUT2D eigenvalue weighted by Crippen LogP contribution is -2.27. The Hall–Kier alpha value is -2.45. The van der Waals surface area contributed by atoms with E-state index in [9.17, 15) is 13.2 Å². The number of amides is 1. The van der Waals surface area contributed by atoms with E-state index in [-0.39, 0.29) is 10.8 Å². The van der Waals surface area contributed by atoms with Gasteiger partial charge in [-0.15, -0.1) is 11.3 Å². The number of nitrogens with one attached hydrogen (secondary N) is 1. The van der Waals surface area contributed by atoms with Crippen LogP contribution in [0.15, 0.2) is 47.5 Å². The van der Waals surface area contributed by atoms with Crippen LogP contribution < -0.4 is 5.32 Å². The minimum atomic E-state index is -3.74. The first-order chi connectivity index (χ1) is 13.7. The predicted molar refractivity (Wildman–Crippen MR) is 115 cm³/mol. The lowest BCUT2D eigenvalue weighted by atomic mass is 9.96. The van der Waals surface area contributed by atoms with Gasteiger partial charge in [-0.25, -0.2) is 17.4 Å². The molecule has 0 aliphatic heterocycles. The topological polar surface area (TPSA) is 81.1 Å². The second kappa shape index (κ2) is 7.11. The Labute approximate surface area is 174 Å². The summed E-state index contributed by atoms with van der Waals surface area (Å²) in [5, 5.41) is 3.39. The van der Waals surface area contributed by atoms with Crippen LogP contribution in [0.3, 0.4) is 0 Å². The van der Waals surface area contributed by atoms with Crippen molar-refractivity contribution in [3.8, 4) is 11.4 Å². The van der Waals surface area contributed by atoms with Gasteiger partial charge in [0.15, 0.2) is 5.13 Å². The van der Waals surface area contributed by atoms with Crippen molar-refractivity contribution in [1.82, 2.24) is 8.96 Å². The zero-order valence-corrected chi connectivity index (χ0v) is 18.2. The van der Waals surface area contributed by atoms with E-state index in [0.29, 0.717) is 16.5 Å². The van der Waals surface area contributed by atoms with Crippen molar-refractivity contribution in [2.45, 2.75) is 44.9 Å². The summed E-state index contributed by atoms with van der Waals surface area (Å²) in [6.07, 6.45) is 4.11. The summed E-state index contributed by atoms with van der Waals surface area (Å²) in [6.45, 7) is 5.53. The van der Waals surface area contributed by atoms with E-state index in [1.54, 1.807) is 36.5 Å². The zero-order valence-electron chi connectivity index (χ0n) is 16.6. The van der Waals surface area contributed by atoms with Gasteiger partial charge < -0.3 is 5.32 Å². The standard InChI is InChI=1S/C21H23N3O3S2/c1-21(2,3)19(25)23-20-22-17-16(28-20)11-7-8-14-12-13-24(18(14)17)29(26,27)15-9-5-4-6-10-15/h4-6,9-10,12-13H,7-8,11H2,1-3H3,(H,22,23,25). The third kappa shape index (κ3) is 3.62. The molecule has 3 aromatic rings. The minimum absolute atomic E-state index is 0.117. The second-order valence-electron chi connectivity index (χ2n) is 8.15. The molecule has 0 atom stereocenters. The third-order valence-corrected chi connectivity index (χ3v) is 7.63. The molecule has 2 aromatic heterocycles. The maximum atomic E-state index is 13.3. The molecule has 8 heteroatoms. The van der Waals surface area contributed by atoms with Gasteiger partial charge in [0.25, 0.3) is 10.0 Å². The van der Waals surface area contributed by atoms with Gasteiger partial charge in [-0.05, 0) is 43.0 Å². The van der Waals surface area contributed by atoms with Crippen molar-refractivity contribution in [3.63, 3.8) is 0 Å². The predicted octanol–water partition coefficient (Wildman–Crippen LogP) is 4.32. The Kier molecular flexibility index (Phi) is 4.86. The number of rotatable bonds is 3. The zero-order chi connectivity index (χ0) is 20.8. The number of carbonyl (C=O) groups excluding carboxylic acids is 1. The molecule has 0 unspecified atom stereocenters. The minimum Gasteiger partial charge on any atom is -0.301 e. The van der Waals surface area contributed by atoms with Crippen molar-refractivity contribution in [2.24, 2.45) is 5.41 Å². The van der Waals surface area contributed by atoms with Gasteiger partial charge in [-0.3, -0.25) is 4.79 Å². The van der Waals surface area contributed by atoms with Gasteiger partial charge in [0.2, 0.25) is 5.91 Å². The SMILES string of the molecule is CC(C)(C)C(=O)Nc1nc2c(s1)CCCc1ccn(S(=O)(=O)c3ccccc3)c1-2. The van der Waals surface area contributed by atoms with Gasteiger partial charge >= 0.3 is 0 Å². The third-order valence-electron chi connectivity index (χ3n) is 4.91. The Morgan fingerprint density at radius 1 is 1.14 bits per heavy atom. The quantitative estimate of drug-likeness (QED) is 0.672. The molecule has 0 radical (unpaired) electrons. The highest BCUT2D eigenvalue weighted by Gasteiger charge is 2.29. The fourth-order valence-corrected chi connectivity index (χ4v) is 5.69. The number of anilines is 1. The van der Waals surface area contributed by atoms with Gasteiger partial charge in [0, 0.05) is 16.5 Å². The summed E-state index contributed by atoms with van der Waals surface area (Å²) in [6, 6.07) is 10.3. The van der Waals surface area contributed by atoms with Gasteiger partial charge in [0.1, 0.15) is 5.69 Å². The van der Waals surface area contributed by atoms with Crippen LogP contribution in [0.1, 0.15) is 37.6 Å². The number of thiazole rings is 1. The number of hydrogen-bond acceptors (Lipinski definition) is 5. The molecule has 4 rings (SSSR count). The smallest absolute Gasteiger partial charge is 0.268 e. The molecule has 0 spiro atoms. The molecule has 1 aliphatic rings. The maximum Gasteiger partial charge on any atom is 0.268 e. The average molecular weight is 430 g/mol. The summed E-state index contributed by atoms with van der Waals surface area (Å²) in [7, 11) is -3.74. The average Bonchev–Trinajstić information content (AvgIpc) is 3.22. The molecule has 0 bridgehead atoms. The van der Waals surface area contributed by atoms with Gasteiger partial charge in [-0.1, -0.05) is 39.0 Å². The number of aromatic nitrogens is 2. The number of benzene rings is 1. The molecular formula is C21H23N3O3S2. The van der Waals surface area contributed by atoms with Crippen molar-refractivity contribution in [1.29, 1.82) is 0 Å². The van der Waals surface area contributed by atoms with Gasteiger partial charge in [0.05, 0.1) is 10.6 Å². The largest absolute Gasteiger partial charge is 0.301 e. The number of carbonyl (C=O) groups is 1. The fraction of sp³-hybridized carbons (Fsp3) is 0.333. The summed E-state index contributed by atoms with van der Waals surface area (Å²) in [5.74, 6) is -0.117. The number of hydrogen-bond donors (Lipinski definition) is 1. The highest BCUT2D eigenvalue weighted by molar-refractivity contribution is 7.90. The van der Waals surface area contributed by atoms with E-state index < -0.39 is 15.4 Å². The van der Waals surface area contributed by atoms with E-state index >= 15 is 0 Å². The normalized spacial score (nSPS) is 14.0. The summed E-state index contributed by atoms with van der Waals surface area (Å²) < 4.78 is 27.9. The first-order valence-electron chi connectivity index (χ1n) is 9.50. The van der Waals surface area contributed by atoms with Crippen LogP contribution in [0.2, 0.25) is 0 Å². The number of fused-ring (bicyclic) bond motifs is 3. The Bertz CT molecular complexity index is 1170. The van der Waals surface area contributed by atoms with Crippen LogP contribution in [0.5, 0.6) is 0 Å². The molecule has 1 amide bonds. The molecule has 1 N–H and O–H groups in total. The van der Waals surface area contributed by atoms with E-state index in [1.807, 2.05) is 26.8 Å². The lowest BCUT2D eigenvalue weighted by molar-refractivity contribution is -0.123. The van der Waals surface area contributed by atoms with Crippen LogP contribution in [-0.4, -0.2) is 23.3 Å². The molecule has 0 fully saturated rings.